The van der Waals surface area contributed by atoms with Gasteiger partial charge in [0.1, 0.15) is 0 Å². The molecular weight excluding hydrogens is 338 g/mol. The monoisotopic (exact) mass is 351 g/mol. The van der Waals surface area contributed by atoms with E-state index in [9.17, 15) is 0 Å². The zero-order valence-corrected chi connectivity index (χ0v) is 14.0. The largest absolute Gasteiger partial charge is 0.309 e. The van der Waals surface area contributed by atoms with Crippen molar-refractivity contribution in [3.63, 3.8) is 0 Å². The quantitative estimate of drug-likeness (QED) is 0.671. The Morgan fingerprint density at radius 1 is 1.21 bits per heavy atom. The number of nitrogens with one attached hydrogen (secondary N) is 1. The predicted molar refractivity (Wildman–Crippen MR) is 89.5 cm³/mol. The van der Waals surface area contributed by atoms with E-state index in [0.717, 1.165) is 0 Å². The molecule has 1 unspecified atom stereocenters. The van der Waals surface area contributed by atoms with Gasteiger partial charge in [-0.05, 0) is 64.4 Å². The van der Waals surface area contributed by atoms with Crippen LogP contribution in [0.15, 0.2) is 40.2 Å². The minimum absolute atomic E-state index is 0.279. The van der Waals surface area contributed by atoms with Gasteiger partial charge in [0, 0.05) is 18.9 Å². The molecule has 0 radical (unpaired) electrons. The Bertz CT molecular complexity index is 714. The fraction of sp³-hybridized carbons (Fsp3) is 0.200. The van der Waals surface area contributed by atoms with E-state index in [0.29, 0.717) is 0 Å². The van der Waals surface area contributed by atoms with Crippen molar-refractivity contribution >= 4 is 48.7 Å². The smallest absolute Gasteiger partial charge is 0.0682 e. The van der Waals surface area contributed by atoms with Crippen molar-refractivity contribution in [2.45, 2.75) is 13.0 Å². The fourth-order valence-corrected chi connectivity index (χ4v) is 4.98. The third kappa shape index (κ3) is 2.38. The molecule has 0 bridgehead atoms. The van der Waals surface area contributed by atoms with Gasteiger partial charge in [0.15, 0.2) is 0 Å². The minimum atomic E-state index is 0.279. The van der Waals surface area contributed by atoms with Crippen LogP contribution in [-0.2, 0) is 0 Å². The highest BCUT2D eigenvalue weighted by Gasteiger charge is 2.18. The van der Waals surface area contributed by atoms with Crippen LogP contribution < -0.4 is 5.32 Å². The summed E-state index contributed by atoms with van der Waals surface area (Å²) in [5.74, 6) is 0. The molecule has 1 atom stereocenters. The molecule has 4 heteroatoms. The average Bonchev–Trinajstić information content (AvgIpc) is 2.99. The Morgan fingerprint density at radius 2 is 2.05 bits per heavy atom. The van der Waals surface area contributed by atoms with Crippen LogP contribution in [0.25, 0.3) is 10.1 Å². The van der Waals surface area contributed by atoms with Gasteiger partial charge in [-0.25, -0.2) is 0 Å². The van der Waals surface area contributed by atoms with E-state index in [-0.39, 0.29) is 6.04 Å². The maximum absolute atomic E-state index is 3.63. The van der Waals surface area contributed by atoms with Crippen molar-refractivity contribution < 1.29 is 0 Å². The highest BCUT2D eigenvalue weighted by Crippen LogP contribution is 2.38. The molecule has 0 spiro atoms. The summed E-state index contributed by atoms with van der Waals surface area (Å²) in [5, 5.41) is 7.05. The van der Waals surface area contributed by atoms with Crippen molar-refractivity contribution in [2.24, 2.45) is 0 Å². The first-order valence-corrected chi connectivity index (χ1v) is 8.59. The van der Waals surface area contributed by atoms with Gasteiger partial charge in [-0.1, -0.05) is 12.1 Å². The number of aryl methyl sites for hydroxylation is 1. The van der Waals surface area contributed by atoms with E-state index in [4.69, 9.17) is 0 Å². The van der Waals surface area contributed by atoms with Crippen LogP contribution in [0.1, 0.15) is 21.4 Å². The van der Waals surface area contributed by atoms with E-state index in [1.54, 1.807) is 11.3 Å². The first-order valence-electron chi connectivity index (χ1n) is 6.10. The molecule has 98 valence electrons. The summed E-state index contributed by atoms with van der Waals surface area (Å²) in [4.78, 5) is 2.73. The molecule has 0 aliphatic carbocycles. The van der Waals surface area contributed by atoms with Gasteiger partial charge in [-0.3, -0.25) is 0 Å². The van der Waals surface area contributed by atoms with Crippen LogP contribution in [0.2, 0.25) is 0 Å². The van der Waals surface area contributed by atoms with Crippen LogP contribution in [0, 0.1) is 6.92 Å². The molecule has 1 aromatic carbocycles. The third-order valence-corrected chi connectivity index (χ3v) is 6.26. The molecule has 0 amide bonds. The summed E-state index contributed by atoms with van der Waals surface area (Å²) < 4.78 is 2.50. The Hall–Kier alpha value is -0.680. The van der Waals surface area contributed by atoms with Gasteiger partial charge in [-0.2, -0.15) is 0 Å². The van der Waals surface area contributed by atoms with Gasteiger partial charge in [-0.15, -0.1) is 22.7 Å². The molecular formula is C15H14BrNS2. The SMILES string of the molecule is CNC(c1ccc(C)s1)c1csc2c(Br)cccc12. The molecule has 0 saturated heterocycles. The summed E-state index contributed by atoms with van der Waals surface area (Å²) in [6.45, 7) is 2.16. The van der Waals surface area contributed by atoms with E-state index < -0.39 is 0 Å². The minimum Gasteiger partial charge on any atom is -0.309 e. The topological polar surface area (TPSA) is 12.0 Å². The maximum Gasteiger partial charge on any atom is 0.0682 e. The number of hydrogen-bond acceptors (Lipinski definition) is 3. The summed E-state index contributed by atoms with van der Waals surface area (Å²) in [7, 11) is 2.03. The summed E-state index contributed by atoms with van der Waals surface area (Å²) in [6, 6.07) is 11.1. The first-order chi connectivity index (χ1) is 9.20. The molecule has 0 fully saturated rings. The first kappa shape index (κ1) is 13.3. The van der Waals surface area contributed by atoms with E-state index >= 15 is 0 Å². The van der Waals surface area contributed by atoms with Gasteiger partial charge in [0.25, 0.3) is 0 Å². The Labute approximate surface area is 129 Å². The fourth-order valence-electron chi connectivity index (χ4n) is 2.32. The normalized spacial score (nSPS) is 13.0. The van der Waals surface area contributed by atoms with Gasteiger partial charge >= 0.3 is 0 Å². The number of benzene rings is 1. The molecule has 3 rings (SSSR count). The number of rotatable bonds is 3. The number of halogens is 1. The van der Waals surface area contributed by atoms with Crippen LogP contribution >= 0.6 is 38.6 Å². The molecule has 2 heterocycles. The second-order valence-electron chi connectivity index (χ2n) is 4.48. The van der Waals surface area contributed by atoms with Crippen LogP contribution in [0.4, 0.5) is 0 Å². The maximum atomic E-state index is 3.63. The lowest BCUT2D eigenvalue weighted by Gasteiger charge is -2.14. The third-order valence-electron chi connectivity index (χ3n) is 3.23. The molecule has 0 aliphatic rings. The van der Waals surface area contributed by atoms with Crippen LogP contribution in [0.3, 0.4) is 0 Å². The van der Waals surface area contributed by atoms with Crippen LogP contribution in [-0.4, -0.2) is 7.05 Å². The lowest BCUT2D eigenvalue weighted by atomic mass is 10.0. The highest BCUT2D eigenvalue weighted by molar-refractivity contribution is 9.10. The lowest BCUT2D eigenvalue weighted by Crippen LogP contribution is -2.15. The van der Waals surface area contributed by atoms with Crippen molar-refractivity contribution in [3.05, 3.63) is 55.5 Å². The molecule has 0 saturated carbocycles. The highest BCUT2D eigenvalue weighted by atomic mass is 79.9. The standard InChI is InChI=1S/C15H14BrNS2/c1-9-6-7-13(19-9)14(17-2)11-8-18-15-10(11)4-3-5-12(15)16/h3-8,14,17H,1-2H3. The zero-order chi connectivity index (χ0) is 13.4. The summed E-state index contributed by atoms with van der Waals surface area (Å²) in [5.41, 5.74) is 1.37. The van der Waals surface area contributed by atoms with Crippen molar-refractivity contribution in [1.29, 1.82) is 0 Å². The Morgan fingerprint density at radius 3 is 2.74 bits per heavy atom. The van der Waals surface area contributed by atoms with Gasteiger partial charge in [0.05, 0.1) is 6.04 Å². The van der Waals surface area contributed by atoms with E-state index in [1.807, 2.05) is 18.4 Å². The Kier molecular flexibility index (Phi) is 3.76. The predicted octanol–water partition coefficient (Wildman–Crippen LogP) is 5.34. The molecule has 3 aromatic rings. The molecule has 1 N–H and O–H groups in total. The van der Waals surface area contributed by atoms with Crippen LogP contribution in [0.5, 0.6) is 0 Å². The number of hydrogen-bond donors (Lipinski definition) is 1. The average molecular weight is 352 g/mol. The zero-order valence-electron chi connectivity index (χ0n) is 10.7. The van der Waals surface area contributed by atoms with E-state index in [1.165, 1.54) is 29.9 Å². The summed E-state index contributed by atoms with van der Waals surface area (Å²) in [6.07, 6.45) is 0. The Balaban J connectivity index is 2.14. The second kappa shape index (κ2) is 5.37. The van der Waals surface area contributed by atoms with Crippen molar-refractivity contribution in [2.75, 3.05) is 7.05 Å². The summed E-state index contributed by atoms with van der Waals surface area (Å²) >= 11 is 7.30. The molecule has 0 aliphatic heterocycles. The lowest BCUT2D eigenvalue weighted by molar-refractivity contribution is 0.711. The number of fused-ring (bicyclic) bond motifs is 1. The van der Waals surface area contributed by atoms with Gasteiger partial charge in [0.2, 0.25) is 0 Å². The second-order valence-corrected chi connectivity index (χ2v) is 7.53. The number of thiophene rings is 2. The van der Waals surface area contributed by atoms with Crippen molar-refractivity contribution in [1.82, 2.24) is 5.32 Å². The molecule has 1 nitrogen and oxygen atoms in total. The van der Waals surface area contributed by atoms with Crippen molar-refractivity contribution in [3.8, 4) is 0 Å². The van der Waals surface area contributed by atoms with E-state index in [2.05, 4.69) is 63.9 Å². The van der Waals surface area contributed by atoms with Gasteiger partial charge < -0.3 is 5.32 Å². The molecule has 2 aromatic heterocycles. The molecule has 19 heavy (non-hydrogen) atoms.